The van der Waals surface area contributed by atoms with Crippen molar-refractivity contribution < 1.29 is 17.6 Å². The summed E-state index contributed by atoms with van der Waals surface area (Å²) in [5.74, 6) is 0. The zero-order valence-corrected chi connectivity index (χ0v) is 11.8. The molecule has 3 nitrogen and oxygen atoms in total. The van der Waals surface area contributed by atoms with E-state index in [0.717, 1.165) is 18.2 Å². The molecule has 0 radical (unpaired) electrons. The quantitative estimate of drug-likeness (QED) is 0.716. The monoisotopic (exact) mass is 324 g/mol. The molecule has 1 heterocycles. The van der Waals surface area contributed by atoms with Crippen LogP contribution in [-0.2, 0) is 6.54 Å². The highest BCUT2D eigenvalue weighted by Crippen LogP contribution is 2.27. The van der Waals surface area contributed by atoms with E-state index in [9.17, 15) is 22.4 Å². The van der Waals surface area contributed by atoms with Crippen molar-refractivity contribution in [2.75, 3.05) is 0 Å². The highest BCUT2D eigenvalue weighted by atomic mass is 19.3. The molecule has 120 valence electrons. The Balaban J connectivity index is 2.08. The maximum atomic E-state index is 12.9. The number of H-pyrrole nitrogens is 1. The van der Waals surface area contributed by atoms with Crippen molar-refractivity contribution in [1.29, 1.82) is 0 Å². The molecule has 0 saturated carbocycles. The van der Waals surface area contributed by atoms with Crippen LogP contribution >= 0.6 is 0 Å². The fourth-order valence-electron chi connectivity index (χ4n) is 2.54. The molecule has 0 amide bonds. The molecular formula is C16H12F4N2O. The molecule has 0 unspecified atom stereocenters. The van der Waals surface area contributed by atoms with Crippen molar-refractivity contribution in [2.45, 2.75) is 19.4 Å². The van der Waals surface area contributed by atoms with Crippen molar-refractivity contribution in [3.63, 3.8) is 0 Å². The Hall–Kier alpha value is -2.57. The molecule has 0 atom stereocenters. The van der Waals surface area contributed by atoms with Crippen molar-refractivity contribution >= 4 is 11.0 Å². The first-order valence-electron chi connectivity index (χ1n) is 6.83. The van der Waals surface area contributed by atoms with Crippen molar-refractivity contribution in [3.05, 3.63) is 69.6 Å². The number of hydrogen-bond donors (Lipinski definition) is 1. The second kappa shape index (κ2) is 5.91. The number of para-hydroxylation sites is 2. The minimum Gasteiger partial charge on any atom is -0.306 e. The number of rotatable bonds is 4. The van der Waals surface area contributed by atoms with Crippen LogP contribution < -0.4 is 5.69 Å². The topological polar surface area (TPSA) is 37.8 Å². The van der Waals surface area contributed by atoms with Crippen LogP contribution in [0.1, 0.15) is 29.5 Å². The van der Waals surface area contributed by atoms with Gasteiger partial charge in [0.1, 0.15) is 0 Å². The lowest BCUT2D eigenvalue weighted by atomic mass is 10.1. The summed E-state index contributed by atoms with van der Waals surface area (Å²) in [7, 11) is 0. The fourth-order valence-corrected chi connectivity index (χ4v) is 2.54. The van der Waals surface area contributed by atoms with E-state index in [1.165, 1.54) is 4.57 Å². The lowest BCUT2D eigenvalue weighted by molar-refractivity contribution is 0.144. The molecule has 0 bridgehead atoms. The number of benzene rings is 2. The third-order valence-electron chi connectivity index (χ3n) is 3.56. The number of hydrogen-bond acceptors (Lipinski definition) is 1. The number of aromatic amines is 1. The lowest BCUT2D eigenvalue weighted by Gasteiger charge is -2.10. The minimum atomic E-state index is -2.85. The number of imidazole rings is 1. The van der Waals surface area contributed by atoms with Crippen LogP contribution in [0.2, 0.25) is 0 Å². The Bertz CT molecular complexity index is 872. The third kappa shape index (κ3) is 2.99. The normalized spacial score (nSPS) is 11.7. The molecule has 1 aromatic heterocycles. The summed E-state index contributed by atoms with van der Waals surface area (Å²) < 4.78 is 52.9. The zero-order valence-electron chi connectivity index (χ0n) is 11.8. The van der Waals surface area contributed by atoms with Crippen LogP contribution in [-0.4, -0.2) is 9.55 Å². The highest BCUT2D eigenvalue weighted by molar-refractivity contribution is 5.75. The third-order valence-corrected chi connectivity index (χ3v) is 3.56. The average molecular weight is 324 g/mol. The molecule has 0 aliphatic heterocycles. The summed E-state index contributed by atoms with van der Waals surface area (Å²) in [5, 5.41) is 0. The van der Waals surface area contributed by atoms with E-state index in [0.29, 0.717) is 11.0 Å². The van der Waals surface area contributed by atoms with E-state index in [2.05, 4.69) is 4.98 Å². The molecule has 1 N–H and O–H groups in total. The Kier molecular flexibility index (Phi) is 3.94. The zero-order chi connectivity index (χ0) is 16.6. The van der Waals surface area contributed by atoms with Gasteiger partial charge >= 0.3 is 5.69 Å². The van der Waals surface area contributed by atoms with Crippen molar-refractivity contribution in [1.82, 2.24) is 9.55 Å². The van der Waals surface area contributed by atoms with Gasteiger partial charge in [0.2, 0.25) is 0 Å². The first kappa shape index (κ1) is 15.3. The molecule has 0 spiro atoms. The number of aromatic nitrogens is 2. The maximum absolute atomic E-state index is 12.9. The van der Waals surface area contributed by atoms with Gasteiger partial charge in [-0.15, -0.1) is 0 Å². The first-order chi connectivity index (χ1) is 11.0. The standard InChI is InChI=1S/C16H12F4N2O/c17-14(18)10-5-9(6-11(7-10)15(19)20)8-22-13-4-2-1-3-12(13)21-16(22)23/h1-7,14-15H,8H2,(H,21,23). The first-order valence-corrected chi connectivity index (χ1v) is 6.83. The lowest BCUT2D eigenvalue weighted by Crippen LogP contribution is -2.17. The maximum Gasteiger partial charge on any atom is 0.326 e. The summed E-state index contributed by atoms with van der Waals surface area (Å²) in [5.41, 5.74) is 0.0173. The molecule has 3 rings (SSSR count). The van der Waals surface area contributed by atoms with Crippen molar-refractivity contribution in [2.24, 2.45) is 0 Å². The number of alkyl halides is 4. The van der Waals surface area contributed by atoms with Crippen molar-refractivity contribution in [3.8, 4) is 0 Å². The van der Waals surface area contributed by atoms with Gasteiger partial charge in [-0.05, 0) is 35.9 Å². The van der Waals surface area contributed by atoms with Gasteiger partial charge in [-0.2, -0.15) is 0 Å². The Labute approximate surface area is 128 Å². The molecule has 23 heavy (non-hydrogen) atoms. The van der Waals surface area contributed by atoms with Gasteiger partial charge in [0.05, 0.1) is 17.6 Å². The molecule has 2 aromatic carbocycles. The largest absolute Gasteiger partial charge is 0.326 e. The second-order valence-corrected chi connectivity index (χ2v) is 5.14. The van der Waals surface area contributed by atoms with Gasteiger partial charge in [0.15, 0.2) is 0 Å². The van der Waals surface area contributed by atoms with Crippen LogP contribution in [0.5, 0.6) is 0 Å². The van der Waals surface area contributed by atoms with Crippen LogP contribution in [0.15, 0.2) is 47.3 Å². The van der Waals surface area contributed by atoms with E-state index >= 15 is 0 Å². The van der Waals surface area contributed by atoms with Gasteiger partial charge in [0, 0.05) is 11.1 Å². The summed E-state index contributed by atoms with van der Waals surface area (Å²) in [6.07, 6.45) is -5.71. The second-order valence-electron chi connectivity index (χ2n) is 5.14. The number of fused-ring (bicyclic) bond motifs is 1. The van der Waals surface area contributed by atoms with Crippen LogP contribution in [0.3, 0.4) is 0 Å². The number of nitrogens with one attached hydrogen (secondary N) is 1. The van der Waals surface area contributed by atoms with Gasteiger partial charge in [0.25, 0.3) is 12.9 Å². The van der Waals surface area contributed by atoms with E-state index in [1.807, 2.05) is 0 Å². The van der Waals surface area contributed by atoms with Gasteiger partial charge < -0.3 is 4.98 Å². The Morgan fingerprint density at radius 3 is 2.17 bits per heavy atom. The van der Waals surface area contributed by atoms with Crippen LogP contribution in [0, 0.1) is 0 Å². The molecular weight excluding hydrogens is 312 g/mol. The van der Waals surface area contributed by atoms with E-state index in [1.54, 1.807) is 24.3 Å². The number of halogens is 4. The van der Waals surface area contributed by atoms with Gasteiger partial charge in [-0.3, -0.25) is 4.57 Å². The van der Waals surface area contributed by atoms with Crippen LogP contribution in [0.4, 0.5) is 17.6 Å². The molecule has 0 aliphatic rings. The Morgan fingerprint density at radius 2 is 1.57 bits per heavy atom. The predicted molar refractivity (Wildman–Crippen MR) is 78.0 cm³/mol. The minimum absolute atomic E-state index is 0.0663. The van der Waals surface area contributed by atoms with E-state index < -0.39 is 29.7 Å². The number of nitrogens with zero attached hydrogens (tertiary/aromatic N) is 1. The smallest absolute Gasteiger partial charge is 0.306 e. The summed E-state index contributed by atoms with van der Waals surface area (Å²) >= 11 is 0. The van der Waals surface area contributed by atoms with E-state index in [-0.39, 0.29) is 12.1 Å². The van der Waals surface area contributed by atoms with E-state index in [4.69, 9.17) is 0 Å². The SMILES string of the molecule is O=c1[nH]c2ccccc2n1Cc1cc(C(F)F)cc(C(F)F)c1. The fraction of sp³-hybridized carbons (Fsp3) is 0.188. The Morgan fingerprint density at radius 1 is 0.957 bits per heavy atom. The molecule has 0 fully saturated rings. The highest BCUT2D eigenvalue weighted by Gasteiger charge is 2.16. The summed E-state index contributed by atoms with van der Waals surface area (Å²) in [6, 6.07) is 9.94. The van der Waals surface area contributed by atoms with Gasteiger partial charge in [-0.25, -0.2) is 22.4 Å². The summed E-state index contributed by atoms with van der Waals surface area (Å²) in [4.78, 5) is 14.6. The molecule has 0 saturated heterocycles. The van der Waals surface area contributed by atoms with Gasteiger partial charge in [-0.1, -0.05) is 12.1 Å². The molecule has 7 heteroatoms. The molecule has 0 aliphatic carbocycles. The average Bonchev–Trinajstić information content (AvgIpc) is 2.83. The summed E-state index contributed by atoms with van der Waals surface area (Å²) in [6.45, 7) is -0.0663. The predicted octanol–water partition coefficient (Wildman–Crippen LogP) is 4.25. The molecule has 3 aromatic rings. The van der Waals surface area contributed by atoms with Crippen LogP contribution in [0.25, 0.3) is 11.0 Å².